The molecule has 222 valence electrons. The molecule has 7 heteroatoms. The van der Waals surface area contributed by atoms with Crippen LogP contribution >= 0.6 is 0 Å². The highest BCUT2D eigenvalue weighted by atomic mass is 19.2. The molecule has 0 radical (unpaired) electrons. The maximum absolute atomic E-state index is 14.6. The van der Waals surface area contributed by atoms with E-state index in [1.165, 1.54) is 0 Å². The lowest BCUT2D eigenvalue weighted by Gasteiger charge is -2.25. The van der Waals surface area contributed by atoms with Crippen LogP contribution in [-0.4, -0.2) is 19.0 Å². The van der Waals surface area contributed by atoms with E-state index in [0.29, 0.717) is 24.1 Å². The van der Waals surface area contributed by atoms with Crippen molar-refractivity contribution in [1.82, 2.24) is 4.90 Å². The summed E-state index contributed by atoms with van der Waals surface area (Å²) in [5.41, 5.74) is 4.44. The Morgan fingerprint density at radius 2 is 0.909 bits per heavy atom. The van der Waals surface area contributed by atoms with Crippen LogP contribution in [0, 0.1) is 34.9 Å². The molecule has 0 fully saturated rings. The summed E-state index contributed by atoms with van der Waals surface area (Å²) in [4.78, 5) is 1.93. The molecule has 6 aromatic rings. The highest BCUT2D eigenvalue weighted by Crippen LogP contribution is 2.46. The zero-order chi connectivity index (χ0) is 31.3. The van der Waals surface area contributed by atoms with Gasteiger partial charge in [-0.1, -0.05) is 55.5 Å². The van der Waals surface area contributed by atoms with E-state index in [1.54, 1.807) is 0 Å². The molecule has 0 unspecified atom stereocenters. The fourth-order valence-corrected chi connectivity index (χ4v) is 6.14. The van der Waals surface area contributed by atoms with Crippen LogP contribution in [-0.2, 0) is 13.0 Å². The minimum Gasteiger partial charge on any atom is -0.305 e. The first kappa shape index (κ1) is 29.5. The van der Waals surface area contributed by atoms with E-state index in [2.05, 4.69) is 0 Å². The van der Waals surface area contributed by atoms with Crippen molar-refractivity contribution in [2.45, 2.75) is 19.9 Å². The normalized spacial score (nSPS) is 11.7. The van der Waals surface area contributed by atoms with E-state index < -0.39 is 34.9 Å². The van der Waals surface area contributed by atoms with Gasteiger partial charge in [0.05, 0.1) is 0 Å². The van der Waals surface area contributed by atoms with Crippen molar-refractivity contribution < 1.29 is 26.3 Å². The van der Waals surface area contributed by atoms with Gasteiger partial charge in [-0.15, -0.1) is 0 Å². The molecule has 44 heavy (non-hydrogen) atoms. The molecule has 0 N–H and O–H groups in total. The third-order valence-electron chi connectivity index (χ3n) is 7.98. The molecule has 0 aromatic heterocycles. The van der Waals surface area contributed by atoms with Crippen molar-refractivity contribution >= 4 is 21.5 Å². The second-order valence-corrected chi connectivity index (χ2v) is 11.1. The highest BCUT2D eigenvalue weighted by molar-refractivity contribution is 6.11. The fourth-order valence-electron chi connectivity index (χ4n) is 6.14. The van der Waals surface area contributed by atoms with Crippen LogP contribution in [0.3, 0.4) is 0 Å². The molecule has 1 nitrogen and oxygen atoms in total. The van der Waals surface area contributed by atoms with E-state index in [4.69, 9.17) is 0 Å². The molecule has 0 aliphatic heterocycles. The molecule has 0 saturated heterocycles. The van der Waals surface area contributed by atoms with E-state index in [9.17, 15) is 26.3 Å². The molecule has 0 heterocycles. The lowest BCUT2D eigenvalue weighted by Crippen LogP contribution is -2.13. The summed E-state index contributed by atoms with van der Waals surface area (Å²) >= 11 is 0. The summed E-state index contributed by atoms with van der Waals surface area (Å²) in [7, 11) is 3.74. The van der Waals surface area contributed by atoms with Crippen LogP contribution in [0.1, 0.15) is 18.1 Å². The Labute approximate surface area is 251 Å². The van der Waals surface area contributed by atoms with Gasteiger partial charge in [0.1, 0.15) is 0 Å². The van der Waals surface area contributed by atoms with Gasteiger partial charge >= 0.3 is 0 Å². The Morgan fingerprint density at radius 1 is 0.523 bits per heavy atom. The Hall–Kier alpha value is -4.62. The molecule has 0 aliphatic carbocycles. The van der Waals surface area contributed by atoms with Gasteiger partial charge in [-0.25, -0.2) is 26.3 Å². The Bertz CT molecular complexity index is 2040. The maximum Gasteiger partial charge on any atom is 0.194 e. The Balaban J connectivity index is 1.82. The van der Waals surface area contributed by atoms with E-state index in [1.807, 2.05) is 86.6 Å². The number of hydrogen-bond donors (Lipinski definition) is 0. The molecular weight excluding hydrogens is 572 g/mol. The number of fused-ring (bicyclic) bond motifs is 2. The van der Waals surface area contributed by atoms with Crippen LogP contribution in [0.5, 0.6) is 0 Å². The molecule has 0 spiro atoms. The zero-order valence-electron chi connectivity index (χ0n) is 24.2. The van der Waals surface area contributed by atoms with Gasteiger partial charge in [0.2, 0.25) is 0 Å². The minimum atomic E-state index is -1.55. The highest BCUT2D eigenvalue weighted by Gasteiger charge is 2.25. The fraction of sp³-hybridized carbons (Fsp3) is 0.135. The Kier molecular flexibility index (Phi) is 7.68. The molecule has 0 atom stereocenters. The zero-order valence-corrected chi connectivity index (χ0v) is 24.2. The quantitative estimate of drug-likeness (QED) is 0.136. The van der Waals surface area contributed by atoms with Crippen molar-refractivity contribution in [3.63, 3.8) is 0 Å². The topological polar surface area (TPSA) is 3.24 Å². The summed E-state index contributed by atoms with van der Waals surface area (Å²) < 4.78 is 86.4. The predicted octanol–water partition coefficient (Wildman–Crippen LogP) is 10.5. The SMILES string of the molecule is CCc1c(-c2cc(F)c(F)c(F)c2)cc2ccccc2c1-c1c(CN(C)C)c(-c2cc(F)c(F)c(F)c2)cc2ccccc12. The van der Waals surface area contributed by atoms with Gasteiger partial charge in [-0.2, -0.15) is 0 Å². The van der Waals surface area contributed by atoms with Crippen LogP contribution in [0.15, 0.2) is 84.9 Å². The van der Waals surface area contributed by atoms with Crippen molar-refractivity contribution in [3.05, 3.63) is 131 Å². The standard InChI is InChI=1S/C37H27F6N/c1-4-24-27(22-15-30(38)36(42)31(39)16-22)13-20-9-5-7-11-25(20)34(24)35-26-12-8-6-10-21(26)14-28(29(35)19-44(2)3)23-17-32(40)37(43)33(41)18-23/h5-18H,4,19H2,1-3H3. The summed E-state index contributed by atoms with van der Waals surface area (Å²) in [5.74, 6) is -8.27. The lowest BCUT2D eigenvalue weighted by molar-refractivity contribution is 0.403. The molecule has 6 aromatic carbocycles. The maximum atomic E-state index is 14.6. The van der Waals surface area contributed by atoms with Crippen LogP contribution in [0.2, 0.25) is 0 Å². The average Bonchev–Trinajstić information content (AvgIpc) is 3.00. The number of nitrogens with zero attached hydrogens (tertiary/aromatic N) is 1. The van der Waals surface area contributed by atoms with Crippen molar-refractivity contribution in [1.29, 1.82) is 0 Å². The first-order valence-corrected chi connectivity index (χ1v) is 14.1. The minimum absolute atomic E-state index is 0.173. The van der Waals surface area contributed by atoms with Crippen LogP contribution in [0.25, 0.3) is 54.9 Å². The van der Waals surface area contributed by atoms with Gasteiger partial charge < -0.3 is 4.90 Å². The molecular formula is C37H27F6N. The molecule has 0 amide bonds. The molecule has 0 saturated carbocycles. The summed E-state index contributed by atoms with van der Waals surface area (Å²) in [6, 6.07) is 22.8. The third kappa shape index (κ3) is 5.01. The number of rotatable bonds is 6. The summed E-state index contributed by atoms with van der Waals surface area (Å²) in [6.07, 6.45) is 0.440. The molecule has 6 rings (SSSR count). The predicted molar refractivity (Wildman–Crippen MR) is 164 cm³/mol. The summed E-state index contributed by atoms with van der Waals surface area (Å²) in [6.45, 7) is 2.27. The average molecular weight is 600 g/mol. The molecule has 0 aliphatic rings. The largest absolute Gasteiger partial charge is 0.305 e. The van der Waals surface area contributed by atoms with E-state index in [0.717, 1.165) is 68.1 Å². The summed E-state index contributed by atoms with van der Waals surface area (Å²) in [5, 5.41) is 3.27. The van der Waals surface area contributed by atoms with E-state index in [-0.39, 0.29) is 11.1 Å². The van der Waals surface area contributed by atoms with Gasteiger partial charge in [-0.3, -0.25) is 0 Å². The second kappa shape index (κ2) is 11.5. The number of halogens is 6. The van der Waals surface area contributed by atoms with Gasteiger partial charge in [0.15, 0.2) is 34.9 Å². The monoisotopic (exact) mass is 599 g/mol. The second-order valence-electron chi connectivity index (χ2n) is 11.1. The first-order valence-electron chi connectivity index (χ1n) is 14.1. The van der Waals surface area contributed by atoms with Gasteiger partial charge in [-0.05, 0) is 123 Å². The van der Waals surface area contributed by atoms with Crippen molar-refractivity contribution in [3.8, 4) is 33.4 Å². The van der Waals surface area contributed by atoms with Crippen LogP contribution < -0.4 is 0 Å². The molecule has 0 bridgehead atoms. The van der Waals surface area contributed by atoms with Crippen molar-refractivity contribution in [2.75, 3.05) is 14.1 Å². The van der Waals surface area contributed by atoms with Gasteiger partial charge in [0.25, 0.3) is 0 Å². The first-order chi connectivity index (χ1) is 21.1. The Morgan fingerprint density at radius 3 is 1.32 bits per heavy atom. The lowest BCUT2D eigenvalue weighted by atomic mass is 9.80. The van der Waals surface area contributed by atoms with E-state index >= 15 is 0 Å². The third-order valence-corrected chi connectivity index (χ3v) is 7.98. The van der Waals surface area contributed by atoms with Crippen molar-refractivity contribution in [2.24, 2.45) is 0 Å². The number of hydrogen-bond acceptors (Lipinski definition) is 1. The number of benzene rings is 6. The van der Waals surface area contributed by atoms with Crippen LogP contribution in [0.4, 0.5) is 26.3 Å². The smallest absolute Gasteiger partial charge is 0.194 e. The van der Waals surface area contributed by atoms with Gasteiger partial charge in [0, 0.05) is 6.54 Å².